The number of aryl methyl sites for hydroxylation is 3. The number of amides is 1. The zero-order valence-corrected chi connectivity index (χ0v) is 18.7. The van der Waals surface area contributed by atoms with Crippen LogP contribution in [0.2, 0.25) is 0 Å². The second-order valence-electron chi connectivity index (χ2n) is 8.30. The smallest absolute Gasteiger partial charge is 0.339 e. The van der Waals surface area contributed by atoms with Crippen molar-refractivity contribution in [3.63, 3.8) is 0 Å². The van der Waals surface area contributed by atoms with Crippen molar-refractivity contribution < 1.29 is 23.5 Å². The van der Waals surface area contributed by atoms with E-state index >= 15 is 0 Å². The number of benzene rings is 2. The number of hydrogen-bond acceptors (Lipinski definition) is 6. The number of rotatable bonds is 7. The summed E-state index contributed by atoms with van der Waals surface area (Å²) >= 11 is 0. The first-order valence-corrected chi connectivity index (χ1v) is 10.7. The Bertz CT molecular complexity index is 1410. The molecule has 1 N–H and O–H groups in total. The van der Waals surface area contributed by atoms with Crippen molar-refractivity contribution in [2.45, 2.75) is 46.1 Å². The molecule has 4 aromatic rings. The fourth-order valence-electron chi connectivity index (χ4n) is 4.16. The van der Waals surface area contributed by atoms with Gasteiger partial charge in [0.15, 0.2) is 0 Å². The van der Waals surface area contributed by atoms with Gasteiger partial charge in [-0.05, 0) is 56.4 Å². The number of carboxylic acid groups (broad SMARTS) is 1. The third-order valence-corrected chi connectivity index (χ3v) is 6.04. The van der Waals surface area contributed by atoms with Crippen LogP contribution >= 0.6 is 0 Å². The number of fused-ring (bicyclic) bond motifs is 2. The van der Waals surface area contributed by atoms with Gasteiger partial charge in [0, 0.05) is 28.3 Å². The summed E-state index contributed by atoms with van der Waals surface area (Å²) in [6, 6.07) is 9.77. The topological polar surface area (TPSA) is 113 Å². The van der Waals surface area contributed by atoms with Crippen LogP contribution in [0.25, 0.3) is 21.9 Å². The second kappa shape index (κ2) is 8.94. The van der Waals surface area contributed by atoms with Crippen molar-refractivity contribution in [1.29, 1.82) is 0 Å². The van der Waals surface area contributed by atoms with E-state index in [0.717, 1.165) is 33.0 Å². The van der Waals surface area contributed by atoms with E-state index in [9.17, 15) is 19.5 Å². The fourth-order valence-corrected chi connectivity index (χ4v) is 4.16. The highest BCUT2D eigenvalue weighted by atomic mass is 16.4. The van der Waals surface area contributed by atoms with Crippen LogP contribution in [-0.4, -0.2) is 17.9 Å². The largest absolute Gasteiger partial charge is 0.548 e. The Morgan fingerprint density at radius 1 is 1.03 bits per heavy atom. The summed E-state index contributed by atoms with van der Waals surface area (Å²) in [5, 5.41) is 15.7. The van der Waals surface area contributed by atoms with E-state index in [4.69, 9.17) is 8.83 Å². The minimum atomic E-state index is -1.36. The van der Waals surface area contributed by atoms with Gasteiger partial charge in [-0.25, -0.2) is 4.79 Å². The molecule has 0 saturated heterocycles. The number of carbonyl (C=O) groups is 2. The Balaban J connectivity index is 1.55. The quantitative estimate of drug-likeness (QED) is 0.437. The molecule has 0 aliphatic carbocycles. The molecule has 2 aromatic heterocycles. The molecule has 2 heterocycles. The van der Waals surface area contributed by atoms with Gasteiger partial charge in [0.25, 0.3) is 0 Å². The highest BCUT2D eigenvalue weighted by Gasteiger charge is 2.19. The maximum atomic E-state index is 12.7. The fraction of sp³-hybridized carbons (Fsp3) is 0.269. The molecule has 170 valence electrons. The van der Waals surface area contributed by atoms with Crippen molar-refractivity contribution in [3.8, 4) is 0 Å². The average molecular weight is 446 g/mol. The van der Waals surface area contributed by atoms with Crippen molar-refractivity contribution in [2.75, 3.05) is 0 Å². The molecule has 1 atom stereocenters. The van der Waals surface area contributed by atoms with Crippen LogP contribution in [0.3, 0.4) is 0 Å². The molecule has 7 heteroatoms. The van der Waals surface area contributed by atoms with Gasteiger partial charge in [-0.1, -0.05) is 30.3 Å². The lowest BCUT2D eigenvalue weighted by molar-refractivity contribution is -0.308. The van der Waals surface area contributed by atoms with E-state index in [0.29, 0.717) is 16.7 Å². The minimum Gasteiger partial charge on any atom is -0.548 e. The molecule has 0 radical (unpaired) electrons. The molecule has 0 aliphatic rings. The molecule has 4 rings (SSSR count). The summed E-state index contributed by atoms with van der Waals surface area (Å²) < 4.78 is 11.2. The van der Waals surface area contributed by atoms with Gasteiger partial charge < -0.3 is 24.1 Å². The maximum absolute atomic E-state index is 12.7. The summed E-state index contributed by atoms with van der Waals surface area (Å²) in [7, 11) is 0. The second-order valence-corrected chi connectivity index (χ2v) is 8.30. The number of nitrogens with one attached hydrogen (secondary N) is 1. The van der Waals surface area contributed by atoms with E-state index in [2.05, 4.69) is 5.32 Å². The van der Waals surface area contributed by atoms with Gasteiger partial charge in [0.1, 0.15) is 11.2 Å². The molecule has 0 aliphatic heterocycles. The number of furan rings is 1. The normalized spacial score (nSPS) is 12.2. The van der Waals surface area contributed by atoms with Crippen LogP contribution < -0.4 is 16.0 Å². The van der Waals surface area contributed by atoms with E-state index in [-0.39, 0.29) is 19.3 Å². The molecule has 0 bridgehead atoms. The van der Waals surface area contributed by atoms with E-state index in [1.807, 2.05) is 32.9 Å². The monoisotopic (exact) mass is 446 g/mol. The van der Waals surface area contributed by atoms with Crippen molar-refractivity contribution in [2.24, 2.45) is 0 Å². The van der Waals surface area contributed by atoms with Crippen LogP contribution in [0.1, 0.15) is 34.2 Å². The lowest BCUT2D eigenvalue weighted by atomic mass is 9.98. The molecular formula is C26H24NO6-. The van der Waals surface area contributed by atoms with Crippen LogP contribution in [0.15, 0.2) is 56.3 Å². The van der Waals surface area contributed by atoms with Crippen molar-refractivity contribution >= 4 is 33.8 Å². The zero-order chi connectivity index (χ0) is 23.7. The van der Waals surface area contributed by atoms with Gasteiger partial charge in [0.2, 0.25) is 5.91 Å². The first-order chi connectivity index (χ1) is 15.8. The van der Waals surface area contributed by atoms with Crippen LogP contribution in [0, 0.1) is 20.8 Å². The molecule has 0 saturated carbocycles. The standard InChI is InChI=1S/C26H25NO6/c1-14-13-32-23-16(3)24-20(12-19(14)23)15(2)18(26(31)33-24)9-10-22(28)27-21(25(29)30)11-17-7-5-4-6-8-17/h4-8,12-13,21H,9-11H2,1-3H3,(H,27,28)(H,29,30)/p-1/t21-/m0/s1. The highest BCUT2D eigenvalue weighted by Crippen LogP contribution is 2.32. The maximum Gasteiger partial charge on any atom is 0.339 e. The number of hydrogen-bond donors (Lipinski definition) is 1. The SMILES string of the molecule is Cc1coc2c(C)c3oc(=O)c(CCC(=O)N[C@@H](Cc4ccccc4)C(=O)[O-])c(C)c3cc12. The van der Waals surface area contributed by atoms with E-state index in [1.165, 1.54) is 0 Å². The molecule has 33 heavy (non-hydrogen) atoms. The predicted molar refractivity (Wildman–Crippen MR) is 122 cm³/mol. The van der Waals surface area contributed by atoms with Gasteiger partial charge in [-0.2, -0.15) is 0 Å². The summed E-state index contributed by atoms with van der Waals surface area (Å²) in [5.41, 5.74) is 4.26. The lowest BCUT2D eigenvalue weighted by Crippen LogP contribution is -2.49. The third-order valence-electron chi connectivity index (χ3n) is 6.04. The minimum absolute atomic E-state index is 0.0539. The van der Waals surface area contributed by atoms with E-state index < -0.39 is 23.5 Å². The van der Waals surface area contributed by atoms with Crippen molar-refractivity contribution in [1.82, 2.24) is 5.32 Å². The van der Waals surface area contributed by atoms with Gasteiger partial charge in [0.05, 0.1) is 18.3 Å². The zero-order valence-electron chi connectivity index (χ0n) is 18.7. The summed E-state index contributed by atoms with van der Waals surface area (Å²) in [4.78, 5) is 36.7. The molecule has 0 fully saturated rings. The predicted octanol–water partition coefficient (Wildman–Crippen LogP) is 2.87. The van der Waals surface area contributed by atoms with Crippen molar-refractivity contribution in [3.05, 3.63) is 80.9 Å². The summed E-state index contributed by atoms with van der Waals surface area (Å²) in [6.45, 7) is 5.61. The summed E-state index contributed by atoms with van der Waals surface area (Å²) in [6.07, 6.45) is 1.86. The van der Waals surface area contributed by atoms with Gasteiger partial charge in [-0.15, -0.1) is 0 Å². The molecule has 7 nitrogen and oxygen atoms in total. The van der Waals surface area contributed by atoms with E-state index in [1.54, 1.807) is 30.5 Å². The average Bonchev–Trinajstić information content (AvgIpc) is 3.16. The Morgan fingerprint density at radius 2 is 1.76 bits per heavy atom. The van der Waals surface area contributed by atoms with Crippen LogP contribution in [0.4, 0.5) is 0 Å². The molecule has 0 unspecified atom stereocenters. The molecule has 0 spiro atoms. The van der Waals surface area contributed by atoms with Gasteiger partial charge in [-0.3, -0.25) is 4.79 Å². The Kier molecular flexibility index (Phi) is 6.05. The first-order valence-electron chi connectivity index (χ1n) is 10.7. The van der Waals surface area contributed by atoms with Crippen LogP contribution in [0.5, 0.6) is 0 Å². The number of carboxylic acids is 1. The molecule has 2 aromatic carbocycles. The Hall–Kier alpha value is -3.87. The summed E-state index contributed by atoms with van der Waals surface area (Å²) in [5.74, 6) is -1.83. The number of carbonyl (C=O) groups excluding carboxylic acids is 2. The Morgan fingerprint density at radius 3 is 2.45 bits per heavy atom. The number of aliphatic carboxylic acids is 1. The lowest BCUT2D eigenvalue weighted by Gasteiger charge is -2.20. The Labute approximate surface area is 190 Å². The van der Waals surface area contributed by atoms with Gasteiger partial charge >= 0.3 is 5.63 Å². The van der Waals surface area contributed by atoms with Crippen LogP contribution in [-0.2, 0) is 22.4 Å². The molecular weight excluding hydrogens is 422 g/mol. The highest BCUT2D eigenvalue weighted by molar-refractivity contribution is 5.99. The third kappa shape index (κ3) is 4.39. The molecule has 1 amide bonds. The first kappa shape index (κ1) is 22.3.